The molecule has 5 heteroatoms. The number of nitrogens with one attached hydrogen (secondary N) is 1. The molecule has 24 heavy (non-hydrogen) atoms. The Morgan fingerprint density at radius 1 is 1.17 bits per heavy atom. The average Bonchev–Trinajstić information content (AvgIpc) is 2.80. The van der Waals surface area contributed by atoms with Gasteiger partial charge in [0.05, 0.1) is 25.6 Å². The van der Waals surface area contributed by atoms with Gasteiger partial charge in [-0.1, -0.05) is 24.3 Å². The van der Waals surface area contributed by atoms with Crippen molar-refractivity contribution in [3.05, 3.63) is 35.4 Å². The van der Waals surface area contributed by atoms with E-state index >= 15 is 0 Å². The Hall–Kier alpha value is -1.88. The number of methoxy groups -OCH3 is 2. The summed E-state index contributed by atoms with van der Waals surface area (Å²) in [6, 6.07) is 8.05. The van der Waals surface area contributed by atoms with Gasteiger partial charge in [-0.25, -0.2) is 0 Å². The number of piperidine rings is 2. The lowest BCUT2D eigenvalue weighted by Gasteiger charge is -2.62. The minimum absolute atomic E-state index is 0.0632. The van der Waals surface area contributed by atoms with Gasteiger partial charge in [-0.05, 0) is 31.4 Å². The van der Waals surface area contributed by atoms with E-state index in [1.807, 2.05) is 19.1 Å². The van der Waals surface area contributed by atoms with E-state index in [4.69, 9.17) is 9.47 Å². The zero-order valence-corrected chi connectivity index (χ0v) is 14.5. The van der Waals surface area contributed by atoms with E-state index < -0.39 is 16.9 Å². The molecule has 2 aliphatic heterocycles. The number of carbonyl (C=O) groups is 2. The zero-order chi connectivity index (χ0) is 17.3. The molecule has 0 spiro atoms. The number of ether oxygens (including phenoxy) is 2. The largest absolute Gasteiger partial charge is 0.469 e. The Balaban J connectivity index is 2.01. The maximum atomic E-state index is 13.0. The molecule has 3 fully saturated rings. The Morgan fingerprint density at radius 3 is 2.46 bits per heavy atom. The molecule has 1 N–H and O–H groups in total. The predicted octanol–water partition coefficient (Wildman–Crippen LogP) is 1.97. The summed E-state index contributed by atoms with van der Waals surface area (Å²) in [6.07, 6.45) is 0.722. The maximum Gasteiger partial charge on any atom is 0.314 e. The Bertz CT molecular complexity index is 732. The lowest BCUT2D eigenvalue weighted by molar-refractivity contribution is -0.180. The van der Waals surface area contributed by atoms with Crippen molar-refractivity contribution in [3.8, 4) is 0 Å². The van der Waals surface area contributed by atoms with Crippen LogP contribution in [0.15, 0.2) is 24.3 Å². The van der Waals surface area contributed by atoms with Gasteiger partial charge in [0, 0.05) is 23.4 Å². The van der Waals surface area contributed by atoms with E-state index in [9.17, 15) is 9.59 Å². The molecule has 6 atom stereocenters. The van der Waals surface area contributed by atoms with Crippen LogP contribution >= 0.6 is 0 Å². The van der Waals surface area contributed by atoms with E-state index in [2.05, 4.69) is 24.4 Å². The standard InChI is InChI=1S/C19H23NO4/c1-10-19(17(22)24-4)13-9-18(2,20-10)15(16(21)23-3)14(19)12-8-6-5-7-11(12)13/h5-8,10,13-15,20H,9H2,1-4H3/t10?,13?,14?,15-,18?,19?/m1/s1. The minimum atomic E-state index is -0.755. The fraction of sp³-hybridized carbons (Fsp3) is 0.579. The van der Waals surface area contributed by atoms with Gasteiger partial charge in [0.15, 0.2) is 0 Å². The summed E-state index contributed by atoms with van der Waals surface area (Å²) in [5, 5.41) is 3.55. The van der Waals surface area contributed by atoms with Crippen molar-refractivity contribution in [2.24, 2.45) is 11.3 Å². The third kappa shape index (κ3) is 1.54. The summed E-state index contributed by atoms with van der Waals surface area (Å²) in [7, 11) is 2.85. The number of esters is 2. The number of rotatable bonds is 2. The molecule has 1 aromatic carbocycles. The molecule has 0 radical (unpaired) electrons. The van der Waals surface area contributed by atoms with E-state index in [-0.39, 0.29) is 29.8 Å². The number of carbonyl (C=O) groups excluding carboxylic acids is 2. The number of fused-ring (bicyclic) bond motifs is 2. The second kappa shape index (κ2) is 4.82. The van der Waals surface area contributed by atoms with Crippen LogP contribution < -0.4 is 5.32 Å². The van der Waals surface area contributed by atoms with Crippen LogP contribution in [0.1, 0.15) is 43.2 Å². The van der Waals surface area contributed by atoms with Crippen molar-refractivity contribution in [2.45, 2.75) is 43.7 Å². The molecule has 5 unspecified atom stereocenters. The highest BCUT2D eigenvalue weighted by molar-refractivity contribution is 5.88. The average molecular weight is 329 g/mol. The molecule has 1 saturated carbocycles. The van der Waals surface area contributed by atoms with Gasteiger partial charge < -0.3 is 14.8 Å². The molecular formula is C19H23NO4. The maximum absolute atomic E-state index is 13.0. The molecule has 4 bridgehead atoms. The van der Waals surface area contributed by atoms with Gasteiger partial charge in [0.25, 0.3) is 0 Å². The monoisotopic (exact) mass is 329 g/mol. The van der Waals surface area contributed by atoms with Gasteiger partial charge in [-0.15, -0.1) is 0 Å². The van der Waals surface area contributed by atoms with Crippen LogP contribution in [-0.2, 0) is 19.1 Å². The van der Waals surface area contributed by atoms with Crippen LogP contribution in [-0.4, -0.2) is 37.7 Å². The van der Waals surface area contributed by atoms with Crippen molar-refractivity contribution in [2.75, 3.05) is 14.2 Å². The third-order valence-electron chi connectivity index (χ3n) is 6.70. The fourth-order valence-corrected chi connectivity index (χ4v) is 5.98. The lowest BCUT2D eigenvalue weighted by atomic mass is 9.48. The van der Waals surface area contributed by atoms with Crippen LogP contribution in [0.25, 0.3) is 0 Å². The van der Waals surface area contributed by atoms with Gasteiger partial charge in [-0.2, -0.15) is 0 Å². The molecule has 2 heterocycles. The first-order valence-corrected chi connectivity index (χ1v) is 8.44. The number of hydrogen-bond acceptors (Lipinski definition) is 5. The van der Waals surface area contributed by atoms with Gasteiger partial charge in [0.2, 0.25) is 0 Å². The first kappa shape index (κ1) is 15.6. The van der Waals surface area contributed by atoms with Crippen molar-refractivity contribution >= 4 is 11.9 Å². The van der Waals surface area contributed by atoms with Crippen molar-refractivity contribution < 1.29 is 19.1 Å². The first-order valence-electron chi connectivity index (χ1n) is 8.44. The van der Waals surface area contributed by atoms with Crippen LogP contribution in [0, 0.1) is 11.3 Å². The quantitative estimate of drug-likeness (QED) is 0.841. The first-order chi connectivity index (χ1) is 11.4. The number of benzene rings is 1. The Kier molecular flexibility index (Phi) is 3.14. The van der Waals surface area contributed by atoms with Gasteiger partial charge >= 0.3 is 11.9 Å². The second-order valence-electron chi connectivity index (χ2n) is 7.57. The molecule has 1 aromatic rings. The SMILES string of the molecule is COC(=O)[C@H]1C2c3ccccc3C3CC1(C)NC(C)C32C(=O)OC. The zero-order valence-electron chi connectivity index (χ0n) is 14.5. The molecule has 0 amide bonds. The molecule has 4 aliphatic rings. The van der Waals surface area contributed by atoms with E-state index in [1.165, 1.54) is 19.8 Å². The van der Waals surface area contributed by atoms with E-state index in [0.29, 0.717) is 0 Å². The van der Waals surface area contributed by atoms with Gasteiger partial charge in [-0.3, -0.25) is 9.59 Å². The highest BCUT2D eigenvalue weighted by Gasteiger charge is 2.75. The van der Waals surface area contributed by atoms with E-state index in [1.54, 1.807) is 0 Å². The Morgan fingerprint density at radius 2 is 1.83 bits per heavy atom. The lowest BCUT2D eigenvalue weighted by Crippen LogP contribution is -2.75. The van der Waals surface area contributed by atoms with Crippen molar-refractivity contribution in [1.29, 1.82) is 0 Å². The van der Waals surface area contributed by atoms with Gasteiger partial charge in [0.1, 0.15) is 0 Å². The predicted molar refractivity (Wildman–Crippen MR) is 87.5 cm³/mol. The smallest absolute Gasteiger partial charge is 0.314 e. The fourth-order valence-electron chi connectivity index (χ4n) is 5.98. The summed E-state index contributed by atoms with van der Waals surface area (Å²) in [4.78, 5) is 25.7. The van der Waals surface area contributed by atoms with Crippen molar-refractivity contribution in [1.82, 2.24) is 5.32 Å². The highest BCUT2D eigenvalue weighted by atomic mass is 16.5. The molecule has 2 saturated heterocycles. The van der Waals surface area contributed by atoms with E-state index in [0.717, 1.165) is 12.0 Å². The second-order valence-corrected chi connectivity index (χ2v) is 7.57. The van der Waals surface area contributed by atoms with Crippen LogP contribution in [0.2, 0.25) is 0 Å². The summed E-state index contributed by atoms with van der Waals surface area (Å²) in [5.74, 6) is -1.05. The Labute approximate surface area is 141 Å². The molecule has 5 nitrogen and oxygen atoms in total. The molecule has 0 aromatic heterocycles. The number of hydrogen-bond donors (Lipinski definition) is 1. The normalized spacial score (nSPS) is 41.7. The minimum Gasteiger partial charge on any atom is -0.469 e. The summed E-state index contributed by atoms with van der Waals surface area (Å²) in [6.45, 7) is 4.12. The molecular weight excluding hydrogens is 306 g/mol. The van der Waals surface area contributed by atoms with Crippen LogP contribution in [0.3, 0.4) is 0 Å². The topological polar surface area (TPSA) is 64.6 Å². The third-order valence-corrected chi connectivity index (χ3v) is 6.70. The van der Waals surface area contributed by atoms with Crippen molar-refractivity contribution in [3.63, 3.8) is 0 Å². The molecule has 2 aliphatic carbocycles. The molecule has 5 rings (SSSR count). The summed E-state index contributed by atoms with van der Waals surface area (Å²) >= 11 is 0. The van der Waals surface area contributed by atoms with Crippen LogP contribution in [0.4, 0.5) is 0 Å². The highest BCUT2D eigenvalue weighted by Crippen LogP contribution is 2.70. The summed E-state index contributed by atoms with van der Waals surface area (Å²) in [5.41, 5.74) is 1.13. The molecule has 128 valence electrons. The summed E-state index contributed by atoms with van der Waals surface area (Å²) < 4.78 is 10.4. The van der Waals surface area contributed by atoms with Crippen LogP contribution in [0.5, 0.6) is 0 Å².